The number of aromatic carboxylic acids is 2. The number of allylic oxidation sites excluding steroid dienone is 1. The van der Waals surface area contributed by atoms with E-state index in [0.717, 1.165) is 6.07 Å². The van der Waals surface area contributed by atoms with Crippen LogP contribution >= 0.6 is 0 Å². The van der Waals surface area contributed by atoms with Crippen molar-refractivity contribution >= 4 is 24.3 Å². The summed E-state index contributed by atoms with van der Waals surface area (Å²) in [6.45, 7) is 0. The second-order valence-electron chi connectivity index (χ2n) is 3.22. The van der Waals surface area contributed by atoms with Crippen LogP contribution in [0.3, 0.4) is 0 Å². The maximum absolute atomic E-state index is 10.9. The molecule has 17 heavy (non-hydrogen) atoms. The number of carboxylic acids is 2. The summed E-state index contributed by atoms with van der Waals surface area (Å²) in [5.41, 5.74) is 0.173. The molecule has 1 aromatic rings. The second kappa shape index (κ2) is 5.60. The number of hydrogen-bond acceptors (Lipinski definition) is 3. The molecule has 2 N–H and O–H groups in total. The summed E-state index contributed by atoms with van der Waals surface area (Å²) in [4.78, 5) is 31.7. The summed E-state index contributed by atoms with van der Waals surface area (Å²) in [5.74, 6) is -2.39. The monoisotopic (exact) mass is 234 g/mol. The van der Waals surface area contributed by atoms with Gasteiger partial charge in [-0.05, 0) is 17.7 Å². The number of hydrogen-bond donors (Lipinski definition) is 2. The quantitative estimate of drug-likeness (QED) is 0.756. The Bertz CT molecular complexity index is 488. The average molecular weight is 234 g/mol. The largest absolute Gasteiger partial charge is 0.478 e. The standard InChI is InChI=1S/C12H10O5/c13-6-2-1-3-8-4-5-9(11(14)15)7-10(8)12(16)17/h1,3-7H,2H2,(H,14,15)(H,16,17). The molecule has 0 spiro atoms. The molecule has 0 unspecified atom stereocenters. The minimum Gasteiger partial charge on any atom is -0.478 e. The van der Waals surface area contributed by atoms with Crippen LogP contribution in [0, 0.1) is 0 Å². The first kappa shape index (κ1) is 12.6. The van der Waals surface area contributed by atoms with Crippen molar-refractivity contribution in [3.8, 4) is 0 Å². The van der Waals surface area contributed by atoms with E-state index in [4.69, 9.17) is 10.2 Å². The lowest BCUT2D eigenvalue weighted by Crippen LogP contribution is -2.04. The summed E-state index contributed by atoms with van der Waals surface area (Å²) in [6, 6.07) is 3.80. The second-order valence-corrected chi connectivity index (χ2v) is 3.22. The minimum atomic E-state index is -1.21. The van der Waals surface area contributed by atoms with Crippen LogP contribution in [-0.4, -0.2) is 28.4 Å². The fourth-order valence-electron chi connectivity index (χ4n) is 1.27. The zero-order chi connectivity index (χ0) is 12.8. The molecule has 1 aromatic carbocycles. The van der Waals surface area contributed by atoms with Gasteiger partial charge in [0.15, 0.2) is 0 Å². The van der Waals surface area contributed by atoms with Gasteiger partial charge in [0.05, 0.1) is 11.1 Å². The number of carboxylic acid groups (broad SMARTS) is 2. The molecule has 0 bridgehead atoms. The van der Waals surface area contributed by atoms with E-state index in [2.05, 4.69) is 0 Å². The third-order valence-corrected chi connectivity index (χ3v) is 2.06. The molecule has 5 nitrogen and oxygen atoms in total. The van der Waals surface area contributed by atoms with Gasteiger partial charge in [-0.1, -0.05) is 18.2 Å². The zero-order valence-electron chi connectivity index (χ0n) is 8.79. The van der Waals surface area contributed by atoms with Crippen LogP contribution < -0.4 is 0 Å². The van der Waals surface area contributed by atoms with Crippen molar-refractivity contribution < 1.29 is 24.6 Å². The van der Waals surface area contributed by atoms with Gasteiger partial charge in [-0.25, -0.2) is 9.59 Å². The first-order valence-corrected chi connectivity index (χ1v) is 4.77. The summed E-state index contributed by atoms with van der Waals surface area (Å²) < 4.78 is 0. The zero-order valence-corrected chi connectivity index (χ0v) is 8.79. The van der Waals surface area contributed by atoms with E-state index >= 15 is 0 Å². The molecule has 88 valence electrons. The highest BCUT2D eigenvalue weighted by Gasteiger charge is 2.12. The van der Waals surface area contributed by atoms with Gasteiger partial charge in [0.25, 0.3) is 0 Å². The van der Waals surface area contributed by atoms with Crippen LogP contribution in [0.5, 0.6) is 0 Å². The lowest BCUT2D eigenvalue weighted by molar-refractivity contribution is -0.107. The van der Waals surface area contributed by atoms with Crippen molar-refractivity contribution in [2.45, 2.75) is 6.42 Å². The molecule has 0 heterocycles. The van der Waals surface area contributed by atoms with Gasteiger partial charge in [-0.3, -0.25) is 0 Å². The van der Waals surface area contributed by atoms with Gasteiger partial charge in [0.1, 0.15) is 6.29 Å². The average Bonchev–Trinajstić information content (AvgIpc) is 2.29. The summed E-state index contributed by atoms with van der Waals surface area (Å²) in [6.07, 6.45) is 3.85. The molecule has 0 aliphatic heterocycles. The van der Waals surface area contributed by atoms with Crippen molar-refractivity contribution in [1.29, 1.82) is 0 Å². The number of rotatable bonds is 5. The van der Waals surface area contributed by atoms with E-state index < -0.39 is 11.9 Å². The minimum absolute atomic E-state index is 0.0880. The van der Waals surface area contributed by atoms with Crippen LogP contribution in [0.1, 0.15) is 32.7 Å². The van der Waals surface area contributed by atoms with Crippen LogP contribution in [0.4, 0.5) is 0 Å². The fourth-order valence-corrected chi connectivity index (χ4v) is 1.27. The number of carbonyl (C=O) groups excluding carboxylic acids is 1. The smallest absolute Gasteiger partial charge is 0.336 e. The fraction of sp³-hybridized carbons (Fsp3) is 0.0833. The normalized spacial score (nSPS) is 10.4. The Morgan fingerprint density at radius 1 is 1.18 bits per heavy atom. The lowest BCUT2D eigenvalue weighted by atomic mass is 10.0. The third kappa shape index (κ3) is 3.27. The molecule has 0 aliphatic rings. The molecule has 0 saturated heterocycles. The molecule has 0 atom stereocenters. The van der Waals surface area contributed by atoms with Crippen molar-refractivity contribution in [3.63, 3.8) is 0 Å². The van der Waals surface area contributed by atoms with Gasteiger partial charge in [0.2, 0.25) is 0 Å². The maximum Gasteiger partial charge on any atom is 0.336 e. The Labute approximate surface area is 97.0 Å². The third-order valence-electron chi connectivity index (χ3n) is 2.06. The Morgan fingerprint density at radius 3 is 2.41 bits per heavy atom. The summed E-state index contributed by atoms with van der Waals surface area (Å²) >= 11 is 0. The van der Waals surface area contributed by atoms with Gasteiger partial charge < -0.3 is 15.0 Å². The SMILES string of the molecule is O=CCC=Cc1ccc(C(=O)O)cc1C(=O)O. The van der Waals surface area contributed by atoms with Gasteiger partial charge in [-0.2, -0.15) is 0 Å². The van der Waals surface area contributed by atoms with Crippen LogP contribution in [0.15, 0.2) is 24.3 Å². The first-order valence-electron chi connectivity index (χ1n) is 4.77. The first-order chi connectivity index (χ1) is 8.06. The van der Waals surface area contributed by atoms with Crippen LogP contribution in [0.25, 0.3) is 6.08 Å². The maximum atomic E-state index is 10.9. The van der Waals surface area contributed by atoms with Crippen molar-refractivity contribution in [1.82, 2.24) is 0 Å². The summed E-state index contributed by atoms with van der Waals surface area (Å²) in [7, 11) is 0. The molecule has 5 heteroatoms. The Hall–Kier alpha value is -2.43. The highest BCUT2D eigenvalue weighted by Crippen LogP contribution is 2.14. The molecular weight excluding hydrogens is 224 g/mol. The highest BCUT2D eigenvalue weighted by atomic mass is 16.4. The Kier molecular flexibility index (Phi) is 4.16. The van der Waals surface area contributed by atoms with E-state index in [0.29, 0.717) is 11.8 Å². The molecule has 0 saturated carbocycles. The number of benzene rings is 1. The van der Waals surface area contributed by atoms with Gasteiger partial charge in [-0.15, -0.1) is 0 Å². The Balaban J connectivity index is 3.17. The van der Waals surface area contributed by atoms with Gasteiger partial charge in [0, 0.05) is 6.42 Å². The van der Waals surface area contributed by atoms with E-state index in [-0.39, 0.29) is 17.5 Å². The van der Waals surface area contributed by atoms with E-state index in [1.807, 2.05) is 0 Å². The number of aldehydes is 1. The summed E-state index contributed by atoms with van der Waals surface area (Å²) in [5, 5.41) is 17.7. The van der Waals surface area contributed by atoms with Crippen LogP contribution in [-0.2, 0) is 4.79 Å². The molecule has 0 fully saturated rings. The van der Waals surface area contributed by atoms with E-state index in [1.165, 1.54) is 24.3 Å². The molecule has 0 amide bonds. The van der Waals surface area contributed by atoms with Crippen molar-refractivity contribution in [3.05, 3.63) is 41.0 Å². The van der Waals surface area contributed by atoms with E-state index in [1.54, 1.807) is 0 Å². The Morgan fingerprint density at radius 2 is 1.88 bits per heavy atom. The van der Waals surface area contributed by atoms with Crippen molar-refractivity contribution in [2.24, 2.45) is 0 Å². The van der Waals surface area contributed by atoms with Crippen molar-refractivity contribution in [2.75, 3.05) is 0 Å². The molecule has 1 rings (SSSR count). The highest BCUT2D eigenvalue weighted by molar-refractivity contribution is 5.96. The van der Waals surface area contributed by atoms with Gasteiger partial charge >= 0.3 is 11.9 Å². The molecular formula is C12H10O5. The topological polar surface area (TPSA) is 91.7 Å². The predicted molar refractivity (Wildman–Crippen MR) is 60.1 cm³/mol. The molecule has 0 aromatic heterocycles. The lowest BCUT2D eigenvalue weighted by Gasteiger charge is -2.02. The number of carbonyl (C=O) groups is 3. The van der Waals surface area contributed by atoms with E-state index in [9.17, 15) is 14.4 Å². The van der Waals surface area contributed by atoms with Crippen LogP contribution in [0.2, 0.25) is 0 Å². The molecule has 0 aliphatic carbocycles. The molecule has 0 radical (unpaired) electrons. The predicted octanol–water partition coefficient (Wildman–Crippen LogP) is 1.69.